The maximum atomic E-state index is 13.0. The molecule has 2 unspecified atom stereocenters. The van der Waals surface area contributed by atoms with Crippen LogP contribution < -0.4 is 10.1 Å². The predicted molar refractivity (Wildman–Crippen MR) is 158 cm³/mol. The van der Waals surface area contributed by atoms with Crippen molar-refractivity contribution < 1.29 is 30.9 Å². The van der Waals surface area contributed by atoms with Gasteiger partial charge in [-0.05, 0) is 66.4 Å². The average Bonchev–Trinajstić information content (AvgIpc) is 2.97. The second kappa shape index (κ2) is 14.0. The maximum absolute atomic E-state index is 13.0. The fraction of sp³-hybridized carbons (Fsp3) is 0.273. The molecule has 0 aliphatic rings. The second-order valence-electron chi connectivity index (χ2n) is 10.3. The van der Waals surface area contributed by atoms with Gasteiger partial charge in [0, 0.05) is 17.9 Å². The van der Waals surface area contributed by atoms with Crippen LogP contribution in [-0.2, 0) is 22.9 Å². The fourth-order valence-corrected chi connectivity index (χ4v) is 6.00. The third-order valence-electron chi connectivity index (χ3n) is 7.27. The molecule has 0 amide bonds. The van der Waals surface area contributed by atoms with Gasteiger partial charge in [-0.2, -0.15) is 21.6 Å². The molecule has 0 heterocycles. The van der Waals surface area contributed by atoms with Gasteiger partial charge < -0.3 is 10.1 Å². The number of ether oxygens (including phenoxy) is 1. The minimum absolute atomic E-state index is 0.0559. The van der Waals surface area contributed by atoms with E-state index in [0.29, 0.717) is 23.4 Å². The first-order valence-electron chi connectivity index (χ1n) is 13.7. The van der Waals surface area contributed by atoms with Crippen LogP contribution in [0.1, 0.15) is 53.0 Å². The molecule has 0 fully saturated rings. The first-order chi connectivity index (χ1) is 20.0. The Labute approximate surface area is 245 Å². The van der Waals surface area contributed by atoms with Crippen LogP contribution in [0.5, 0.6) is 5.75 Å². The smallest absolute Gasteiger partial charge is 0.416 e. The third kappa shape index (κ3) is 9.17. The summed E-state index contributed by atoms with van der Waals surface area (Å²) < 4.78 is 78.2. The topological polar surface area (TPSA) is 75.6 Å². The molecule has 0 saturated heterocycles. The van der Waals surface area contributed by atoms with Crippen molar-refractivity contribution in [2.24, 2.45) is 0 Å². The molecule has 42 heavy (non-hydrogen) atoms. The van der Waals surface area contributed by atoms with Crippen molar-refractivity contribution in [3.63, 3.8) is 0 Å². The molecule has 9 heteroatoms. The van der Waals surface area contributed by atoms with Crippen molar-refractivity contribution in [2.75, 3.05) is 12.3 Å². The third-order valence-corrected chi connectivity index (χ3v) is 8.05. The number of nitrogens with one attached hydrogen (secondary N) is 1. The summed E-state index contributed by atoms with van der Waals surface area (Å²) in [6.45, 7) is 2.43. The second-order valence-corrected chi connectivity index (χ2v) is 11.8. The Morgan fingerprint density at radius 1 is 0.810 bits per heavy atom. The first-order valence-corrected chi connectivity index (χ1v) is 15.3. The number of alkyl halides is 3. The van der Waals surface area contributed by atoms with Crippen molar-refractivity contribution in [1.82, 2.24) is 5.32 Å². The lowest BCUT2D eigenvalue weighted by molar-refractivity contribution is -0.137. The van der Waals surface area contributed by atoms with E-state index in [1.807, 2.05) is 43.3 Å². The van der Waals surface area contributed by atoms with Crippen molar-refractivity contribution in [2.45, 2.75) is 44.0 Å². The van der Waals surface area contributed by atoms with Gasteiger partial charge in [-0.25, -0.2) is 0 Å². The standard InChI is InChI=1S/C33H34F3NO4S/c1-24(37-20-19-31(26-10-4-2-5-11-26)27-12-6-3-7-13-27)32(23-42(38,39)40)28-15-17-30(18-16-28)41-22-25-9-8-14-29(21-25)33(34,35)36/h2-18,21,24,31-32,37H,19-20,22-23H2,1H3,(H,38,39,40). The molecule has 0 saturated carbocycles. The molecule has 2 N–H and O–H groups in total. The van der Waals surface area contributed by atoms with Gasteiger partial charge in [-0.15, -0.1) is 0 Å². The molecule has 4 aromatic rings. The average molecular weight is 598 g/mol. The molecule has 0 aliphatic carbocycles. The molecule has 5 nitrogen and oxygen atoms in total. The van der Waals surface area contributed by atoms with Gasteiger partial charge in [0.25, 0.3) is 10.1 Å². The van der Waals surface area contributed by atoms with Gasteiger partial charge >= 0.3 is 6.18 Å². The fourth-order valence-electron chi connectivity index (χ4n) is 5.07. The predicted octanol–water partition coefficient (Wildman–Crippen LogP) is 7.46. The largest absolute Gasteiger partial charge is 0.489 e. The Morgan fingerprint density at radius 2 is 1.40 bits per heavy atom. The zero-order valence-corrected chi connectivity index (χ0v) is 24.0. The SMILES string of the molecule is CC(NCCC(c1ccccc1)c1ccccc1)C(CS(=O)(=O)O)c1ccc(OCc2cccc(C(F)(F)F)c2)cc1. The summed E-state index contributed by atoms with van der Waals surface area (Å²) in [7, 11) is -4.28. The van der Waals surface area contributed by atoms with Crippen LogP contribution in [0.3, 0.4) is 0 Å². The number of rotatable bonds is 13. The van der Waals surface area contributed by atoms with E-state index in [4.69, 9.17) is 4.74 Å². The van der Waals surface area contributed by atoms with E-state index in [1.54, 1.807) is 30.3 Å². The Balaban J connectivity index is 1.42. The molecular weight excluding hydrogens is 563 g/mol. The highest BCUT2D eigenvalue weighted by Gasteiger charge is 2.30. The minimum atomic E-state index is -4.44. The lowest BCUT2D eigenvalue weighted by atomic mass is 9.88. The first kappa shape index (κ1) is 31.3. The van der Waals surface area contributed by atoms with Gasteiger partial charge in [-0.3, -0.25) is 4.55 Å². The summed E-state index contributed by atoms with van der Waals surface area (Å²) >= 11 is 0. The quantitative estimate of drug-likeness (QED) is 0.157. The summed E-state index contributed by atoms with van der Waals surface area (Å²) in [5, 5.41) is 3.45. The molecule has 4 rings (SSSR count). The van der Waals surface area contributed by atoms with E-state index in [0.717, 1.165) is 18.6 Å². The van der Waals surface area contributed by atoms with Crippen LogP contribution in [0.15, 0.2) is 109 Å². The Hall–Kier alpha value is -3.66. The van der Waals surface area contributed by atoms with Gasteiger partial charge in [0.05, 0.1) is 11.3 Å². The van der Waals surface area contributed by atoms with Gasteiger partial charge in [-0.1, -0.05) is 84.9 Å². The Kier molecular flexibility index (Phi) is 10.4. The molecule has 0 aliphatic heterocycles. The number of benzene rings is 4. The summed E-state index contributed by atoms with van der Waals surface area (Å²) in [4.78, 5) is 0. The lowest BCUT2D eigenvalue weighted by Gasteiger charge is -2.26. The number of halogens is 3. The molecule has 222 valence electrons. The number of hydrogen-bond acceptors (Lipinski definition) is 4. The summed E-state index contributed by atoms with van der Waals surface area (Å²) in [5.74, 6) is -0.437. The van der Waals surface area contributed by atoms with Crippen LogP contribution in [0.4, 0.5) is 13.2 Å². The van der Waals surface area contributed by atoms with Crippen LogP contribution in [0, 0.1) is 0 Å². The zero-order chi connectivity index (χ0) is 30.2. The summed E-state index contributed by atoms with van der Waals surface area (Å²) in [5.41, 5.74) is 2.69. The van der Waals surface area contributed by atoms with Crippen LogP contribution in [-0.4, -0.2) is 31.3 Å². The molecular formula is C33H34F3NO4S. The molecule has 0 radical (unpaired) electrons. The van der Waals surface area contributed by atoms with E-state index in [9.17, 15) is 26.1 Å². The molecule has 2 atom stereocenters. The minimum Gasteiger partial charge on any atom is -0.489 e. The highest BCUT2D eigenvalue weighted by Crippen LogP contribution is 2.31. The van der Waals surface area contributed by atoms with E-state index in [1.165, 1.54) is 17.2 Å². The monoisotopic (exact) mass is 597 g/mol. The van der Waals surface area contributed by atoms with E-state index < -0.39 is 33.5 Å². The van der Waals surface area contributed by atoms with Gasteiger partial charge in [0.2, 0.25) is 0 Å². The highest BCUT2D eigenvalue weighted by molar-refractivity contribution is 7.85. The Bertz CT molecular complexity index is 1470. The summed E-state index contributed by atoms with van der Waals surface area (Å²) in [6.07, 6.45) is -3.66. The zero-order valence-electron chi connectivity index (χ0n) is 23.2. The van der Waals surface area contributed by atoms with E-state index in [2.05, 4.69) is 29.6 Å². The van der Waals surface area contributed by atoms with Crippen molar-refractivity contribution in [3.8, 4) is 5.75 Å². The molecule has 0 bridgehead atoms. The van der Waals surface area contributed by atoms with E-state index in [-0.39, 0.29) is 18.6 Å². The Morgan fingerprint density at radius 3 is 1.95 bits per heavy atom. The number of hydrogen-bond donors (Lipinski definition) is 2. The lowest BCUT2D eigenvalue weighted by Crippen LogP contribution is -2.36. The molecule has 4 aromatic carbocycles. The molecule has 0 spiro atoms. The van der Waals surface area contributed by atoms with Crippen LogP contribution in [0.2, 0.25) is 0 Å². The normalized spacial score (nSPS) is 13.6. The highest BCUT2D eigenvalue weighted by atomic mass is 32.2. The summed E-state index contributed by atoms with van der Waals surface area (Å²) in [6, 6.07) is 31.8. The van der Waals surface area contributed by atoms with Crippen LogP contribution in [0.25, 0.3) is 0 Å². The van der Waals surface area contributed by atoms with Crippen molar-refractivity contribution in [1.29, 1.82) is 0 Å². The van der Waals surface area contributed by atoms with Gasteiger partial charge in [0.1, 0.15) is 12.4 Å². The van der Waals surface area contributed by atoms with E-state index >= 15 is 0 Å². The van der Waals surface area contributed by atoms with Gasteiger partial charge in [0.15, 0.2) is 0 Å². The van der Waals surface area contributed by atoms with Crippen LogP contribution >= 0.6 is 0 Å². The van der Waals surface area contributed by atoms with Crippen molar-refractivity contribution >= 4 is 10.1 Å². The molecule has 0 aromatic heterocycles. The van der Waals surface area contributed by atoms with Crippen molar-refractivity contribution in [3.05, 3.63) is 137 Å². The maximum Gasteiger partial charge on any atom is 0.416 e.